The maximum atomic E-state index is 11.1. The summed E-state index contributed by atoms with van der Waals surface area (Å²) < 4.78 is 9.84. The third-order valence-electron chi connectivity index (χ3n) is 2.27. The first-order chi connectivity index (χ1) is 8.27. The van der Waals surface area contributed by atoms with E-state index in [1.54, 1.807) is 12.1 Å². The fourth-order valence-electron chi connectivity index (χ4n) is 1.37. The van der Waals surface area contributed by atoms with E-state index >= 15 is 0 Å². The summed E-state index contributed by atoms with van der Waals surface area (Å²) in [7, 11) is 1.33. The van der Waals surface area contributed by atoms with Crippen molar-refractivity contribution in [2.24, 2.45) is 0 Å². The lowest BCUT2D eigenvalue weighted by Crippen LogP contribution is -2.14. The number of hydrogen-bond donors (Lipinski definition) is 1. The molecular formula is C13H17NO3. The molecule has 0 bridgehead atoms. The zero-order valence-corrected chi connectivity index (χ0v) is 9.99. The zero-order chi connectivity index (χ0) is 12.5. The summed E-state index contributed by atoms with van der Waals surface area (Å²) >= 11 is 0. The molecule has 1 aromatic heterocycles. The van der Waals surface area contributed by atoms with Gasteiger partial charge in [0.25, 0.3) is 0 Å². The van der Waals surface area contributed by atoms with Gasteiger partial charge in [0.05, 0.1) is 13.7 Å². The first-order valence-corrected chi connectivity index (χ1v) is 5.59. The quantitative estimate of drug-likeness (QED) is 0.446. The molecule has 0 saturated heterocycles. The zero-order valence-electron chi connectivity index (χ0n) is 9.99. The third-order valence-corrected chi connectivity index (χ3v) is 2.27. The average Bonchev–Trinajstić information content (AvgIpc) is 2.81. The van der Waals surface area contributed by atoms with E-state index in [1.165, 1.54) is 7.11 Å². The van der Waals surface area contributed by atoms with Crippen LogP contribution in [-0.4, -0.2) is 19.6 Å². The van der Waals surface area contributed by atoms with Gasteiger partial charge in [-0.05, 0) is 31.5 Å². The second-order valence-electron chi connectivity index (χ2n) is 3.60. The van der Waals surface area contributed by atoms with Gasteiger partial charge in [-0.1, -0.05) is 0 Å². The molecule has 0 aliphatic carbocycles. The van der Waals surface area contributed by atoms with Crippen molar-refractivity contribution in [2.75, 3.05) is 13.7 Å². The van der Waals surface area contributed by atoms with Gasteiger partial charge < -0.3 is 14.5 Å². The Hall–Kier alpha value is -1.73. The van der Waals surface area contributed by atoms with Crippen molar-refractivity contribution < 1.29 is 13.9 Å². The molecule has 0 aromatic carbocycles. The maximum Gasteiger partial charge on any atom is 0.373 e. The number of hydrogen-bond acceptors (Lipinski definition) is 4. The Morgan fingerprint density at radius 3 is 3.06 bits per heavy atom. The summed E-state index contributed by atoms with van der Waals surface area (Å²) in [6.45, 7) is 1.49. The van der Waals surface area contributed by atoms with Crippen LogP contribution < -0.4 is 5.32 Å². The topological polar surface area (TPSA) is 51.5 Å². The minimum Gasteiger partial charge on any atom is -0.463 e. The molecule has 0 saturated carbocycles. The highest BCUT2D eigenvalue weighted by Crippen LogP contribution is 2.08. The lowest BCUT2D eigenvalue weighted by Gasteiger charge is -2.01. The number of ether oxygens (including phenoxy) is 1. The maximum absolute atomic E-state index is 11.1. The number of terminal acetylenes is 1. The number of furan rings is 1. The fraction of sp³-hybridized carbons (Fsp3) is 0.462. The Kier molecular flexibility index (Phi) is 5.91. The van der Waals surface area contributed by atoms with Crippen molar-refractivity contribution in [3.8, 4) is 12.3 Å². The Morgan fingerprint density at radius 2 is 2.35 bits per heavy atom. The van der Waals surface area contributed by atoms with Crippen LogP contribution >= 0.6 is 0 Å². The first-order valence-electron chi connectivity index (χ1n) is 5.59. The summed E-state index contributed by atoms with van der Waals surface area (Å²) in [5.74, 6) is 3.10. The van der Waals surface area contributed by atoms with Gasteiger partial charge in [0.1, 0.15) is 5.76 Å². The normalized spacial score (nSPS) is 9.88. The number of rotatable bonds is 7. The van der Waals surface area contributed by atoms with Gasteiger partial charge in [-0.2, -0.15) is 0 Å². The van der Waals surface area contributed by atoms with E-state index in [-0.39, 0.29) is 5.76 Å². The number of carbonyl (C=O) groups excluding carboxylic acids is 1. The molecule has 1 heterocycles. The van der Waals surface area contributed by atoms with Gasteiger partial charge >= 0.3 is 5.97 Å². The van der Waals surface area contributed by atoms with E-state index in [0.717, 1.165) is 31.6 Å². The van der Waals surface area contributed by atoms with E-state index in [0.29, 0.717) is 6.54 Å². The molecular weight excluding hydrogens is 218 g/mol. The van der Waals surface area contributed by atoms with Gasteiger partial charge in [0.15, 0.2) is 0 Å². The number of carbonyl (C=O) groups is 1. The molecule has 0 fully saturated rings. The van der Waals surface area contributed by atoms with Gasteiger partial charge in [0.2, 0.25) is 5.76 Å². The summed E-state index contributed by atoms with van der Waals surface area (Å²) in [4.78, 5) is 11.1. The van der Waals surface area contributed by atoms with Crippen molar-refractivity contribution in [3.63, 3.8) is 0 Å². The average molecular weight is 235 g/mol. The monoisotopic (exact) mass is 235 g/mol. The van der Waals surface area contributed by atoms with Gasteiger partial charge in [-0.3, -0.25) is 0 Å². The third kappa shape index (κ3) is 4.75. The summed E-state index contributed by atoms with van der Waals surface area (Å²) in [6.07, 6.45) is 8.02. The predicted molar refractivity (Wildman–Crippen MR) is 64.4 cm³/mol. The van der Waals surface area contributed by atoms with Gasteiger partial charge in [-0.25, -0.2) is 4.79 Å². The van der Waals surface area contributed by atoms with Crippen molar-refractivity contribution >= 4 is 5.97 Å². The van der Waals surface area contributed by atoms with Crippen molar-refractivity contribution in [1.82, 2.24) is 5.32 Å². The second-order valence-corrected chi connectivity index (χ2v) is 3.60. The molecule has 0 spiro atoms. The van der Waals surface area contributed by atoms with Crippen LogP contribution in [0.2, 0.25) is 0 Å². The molecule has 0 atom stereocenters. The second kappa shape index (κ2) is 7.53. The molecule has 1 rings (SSSR count). The molecule has 0 aliphatic heterocycles. The summed E-state index contributed by atoms with van der Waals surface area (Å²) in [6, 6.07) is 3.38. The molecule has 0 amide bonds. The Bertz CT molecular complexity index is 390. The van der Waals surface area contributed by atoms with Crippen LogP contribution in [-0.2, 0) is 11.3 Å². The van der Waals surface area contributed by atoms with Gasteiger partial charge in [-0.15, -0.1) is 12.3 Å². The Morgan fingerprint density at radius 1 is 1.53 bits per heavy atom. The molecule has 0 aliphatic rings. The molecule has 4 nitrogen and oxygen atoms in total. The summed E-state index contributed by atoms with van der Waals surface area (Å²) in [5, 5.41) is 3.22. The summed E-state index contributed by atoms with van der Waals surface area (Å²) in [5.41, 5.74) is 0. The fourth-order valence-corrected chi connectivity index (χ4v) is 1.37. The smallest absolute Gasteiger partial charge is 0.373 e. The highest BCUT2D eigenvalue weighted by molar-refractivity contribution is 5.86. The van der Waals surface area contributed by atoms with Crippen molar-refractivity contribution in [3.05, 3.63) is 23.7 Å². The lowest BCUT2D eigenvalue weighted by atomic mass is 10.2. The van der Waals surface area contributed by atoms with Crippen LogP contribution in [0.25, 0.3) is 0 Å². The number of esters is 1. The van der Waals surface area contributed by atoms with Gasteiger partial charge in [0, 0.05) is 6.42 Å². The predicted octanol–water partition coefficient (Wildman–Crippen LogP) is 1.96. The Labute approximate surface area is 101 Å². The minimum absolute atomic E-state index is 0.233. The van der Waals surface area contributed by atoms with E-state index < -0.39 is 5.97 Å². The van der Waals surface area contributed by atoms with Crippen LogP contribution in [0.15, 0.2) is 16.5 Å². The lowest BCUT2D eigenvalue weighted by molar-refractivity contribution is 0.0563. The van der Waals surface area contributed by atoms with E-state index in [2.05, 4.69) is 16.0 Å². The highest BCUT2D eigenvalue weighted by atomic mass is 16.5. The number of nitrogens with one attached hydrogen (secondary N) is 1. The van der Waals surface area contributed by atoms with E-state index in [9.17, 15) is 4.79 Å². The molecule has 1 aromatic rings. The molecule has 4 heteroatoms. The first kappa shape index (κ1) is 13.3. The molecule has 17 heavy (non-hydrogen) atoms. The van der Waals surface area contributed by atoms with Crippen LogP contribution in [0.5, 0.6) is 0 Å². The highest BCUT2D eigenvalue weighted by Gasteiger charge is 2.10. The molecule has 92 valence electrons. The molecule has 1 N–H and O–H groups in total. The van der Waals surface area contributed by atoms with Crippen molar-refractivity contribution in [2.45, 2.75) is 25.8 Å². The van der Waals surface area contributed by atoms with E-state index in [4.69, 9.17) is 10.8 Å². The molecule has 0 unspecified atom stereocenters. The Balaban J connectivity index is 2.21. The minimum atomic E-state index is -0.453. The van der Waals surface area contributed by atoms with Crippen molar-refractivity contribution in [1.29, 1.82) is 0 Å². The number of unbranched alkanes of at least 4 members (excludes halogenated alkanes) is 2. The SMILES string of the molecule is C#CCCCCNCc1ccc(C(=O)OC)o1. The van der Waals surface area contributed by atoms with Crippen LogP contribution in [0.1, 0.15) is 35.6 Å². The van der Waals surface area contributed by atoms with Crippen LogP contribution in [0.4, 0.5) is 0 Å². The largest absolute Gasteiger partial charge is 0.463 e. The van der Waals surface area contributed by atoms with Crippen LogP contribution in [0, 0.1) is 12.3 Å². The van der Waals surface area contributed by atoms with Crippen LogP contribution in [0.3, 0.4) is 0 Å². The number of methoxy groups -OCH3 is 1. The standard InChI is InChI=1S/C13H17NO3/c1-3-4-5-6-9-14-10-11-7-8-12(17-11)13(15)16-2/h1,7-8,14H,4-6,9-10H2,2H3. The molecule has 0 radical (unpaired) electrons. The van der Waals surface area contributed by atoms with E-state index in [1.807, 2.05) is 0 Å².